The van der Waals surface area contributed by atoms with Gasteiger partial charge in [0.05, 0.1) is 5.69 Å². The maximum atomic E-state index is 8.68. The van der Waals surface area contributed by atoms with E-state index in [1.54, 1.807) is 0 Å². The van der Waals surface area contributed by atoms with E-state index in [-0.39, 0.29) is 0 Å². The van der Waals surface area contributed by atoms with E-state index >= 15 is 0 Å². The van der Waals surface area contributed by atoms with Crippen LogP contribution in [0.3, 0.4) is 0 Å². The van der Waals surface area contributed by atoms with Crippen LogP contribution in [0.5, 0.6) is 0 Å². The highest BCUT2D eigenvalue weighted by molar-refractivity contribution is 9.10. The molecule has 1 aromatic carbocycles. The third kappa shape index (κ3) is 5.09. The van der Waals surface area contributed by atoms with Crippen LogP contribution in [0.1, 0.15) is 36.8 Å². The van der Waals surface area contributed by atoms with Gasteiger partial charge in [0.15, 0.2) is 0 Å². The normalized spacial score (nSPS) is 10.6. The Morgan fingerprint density at radius 1 is 1.12 bits per heavy atom. The third-order valence-corrected chi connectivity index (χ3v) is 3.44. The molecule has 0 saturated carbocycles. The molecular formula is C14H22BrNO. The third-order valence-electron chi connectivity index (χ3n) is 2.82. The Bertz CT molecular complexity index is 329. The standard InChI is InChI=1S/C14H22BrNO/c1-11-9-12(2)14(13(15)10-11)16-7-5-3-4-6-8-17/h9-10,16-17H,3-8H2,1-2H3. The van der Waals surface area contributed by atoms with Gasteiger partial charge in [-0.1, -0.05) is 18.9 Å². The smallest absolute Gasteiger partial charge is 0.0514 e. The minimum Gasteiger partial charge on any atom is -0.396 e. The largest absolute Gasteiger partial charge is 0.396 e. The minimum absolute atomic E-state index is 0.316. The van der Waals surface area contributed by atoms with Gasteiger partial charge in [0.25, 0.3) is 0 Å². The van der Waals surface area contributed by atoms with Gasteiger partial charge in [-0.3, -0.25) is 0 Å². The summed E-state index contributed by atoms with van der Waals surface area (Å²) >= 11 is 3.60. The Hall–Kier alpha value is -0.540. The fourth-order valence-corrected chi connectivity index (χ4v) is 2.76. The van der Waals surface area contributed by atoms with Gasteiger partial charge in [-0.05, 0) is 59.8 Å². The Kier molecular flexibility index (Phi) is 6.60. The van der Waals surface area contributed by atoms with Gasteiger partial charge >= 0.3 is 0 Å². The van der Waals surface area contributed by atoms with Gasteiger partial charge in [0.1, 0.15) is 0 Å². The number of hydrogen-bond acceptors (Lipinski definition) is 2. The van der Waals surface area contributed by atoms with E-state index in [1.165, 1.54) is 23.2 Å². The van der Waals surface area contributed by atoms with Gasteiger partial charge < -0.3 is 10.4 Å². The molecule has 0 aliphatic carbocycles. The molecule has 0 heterocycles. The lowest BCUT2D eigenvalue weighted by molar-refractivity contribution is 0.283. The summed E-state index contributed by atoms with van der Waals surface area (Å²) in [4.78, 5) is 0. The van der Waals surface area contributed by atoms with Gasteiger partial charge in [0, 0.05) is 17.6 Å². The molecule has 0 unspecified atom stereocenters. The Balaban J connectivity index is 2.36. The lowest BCUT2D eigenvalue weighted by Crippen LogP contribution is -2.04. The van der Waals surface area contributed by atoms with E-state index < -0.39 is 0 Å². The molecule has 1 rings (SSSR count). The topological polar surface area (TPSA) is 32.3 Å². The highest BCUT2D eigenvalue weighted by Gasteiger charge is 2.03. The summed E-state index contributed by atoms with van der Waals surface area (Å²) < 4.78 is 1.14. The molecule has 3 heteroatoms. The van der Waals surface area contributed by atoms with Gasteiger partial charge in [-0.25, -0.2) is 0 Å². The van der Waals surface area contributed by atoms with E-state index in [2.05, 4.69) is 47.2 Å². The van der Waals surface area contributed by atoms with Crippen LogP contribution in [-0.4, -0.2) is 18.3 Å². The predicted octanol–water partition coefficient (Wildman–Crippen LogP) is 4.03. The Labute approximate surface area is 113 Å². The number of anilines is 1. The molecule has 0 aliphatic rings. The number of halogens is 1. The number of aliphatic hydroxyl groups is 1. The van der Waals surface area contributed by atoms with Crippen molar-refractivity contribution in [2.24, 2.45) is 0 Å². The van der Waals surface area contributed by atoms with Crippen LogP contribution < -0.4 is 5.32 Å². The number of hydrogen-bond donors (Lipinski definition) is 2. The molecule has 17 heavy (non-hydrogen) atoms. The molecule has 1 aromatic rings. The highest BCUT2D eigenvalue weighted by atomic mass is 79.9. The molecule has 2 nitrogen and oxygen atoms in total. The molecule has 0 saturated heterocycles. The summed E-state index contributed by atoms with van der Waals surface area (Å²) in [6.45, 7) is 5.55. The summed E-state index contributed by atoms with van der Waals surface area (Å²) in [5.74, 6) is 0. The second-order valence-corrected chi connectivity index (χ2v) is 5.36. The molecule has 0 amide bonds. The van der Waals surface area contributed by atoms with E-state index in [0.717, 1.165) is 30.3 Å². The predicted molar refractivity (Wildman–Crippen MR) is 77.7 cm³/mol. The first-order valence-electron chi connectivity index (χ1n) is 6.26. The van der Waals surface area contributed by atoms with Crippen LogP contribution >= 0.6 is 15.9 Å². The molecule has 0 fully saturated rings. The first-order valence-corrected chi connectivity index (χ1v) is 7.06. The molecule has 96 valence electrons. The lowest BCUT2D eigenvalue weighted by atomic mass is 10.1. The molecule has 0 spiro atoms. The number of benzene rings is 1. The van der Waals surface area contributed by atoms with Crippen molar-refractivity contribution < 1.29 is 5.11 Å². The zero-order valence-corrected chi connectivity index (χ0v) is 12.3. The first kappa shape index (κ1) is 14.5. The van der Waals surface area contributed by atoms with Crippen LogP contribution in [0.25, 0.3) is 0 Å². The second-order valence-electron chi connectivity index (χ2n) is 4.50. The van der Waals surface area contributed by atoms with Crippen molar-refractivity contribution in [3.63, 3.8) is 0 Å². The minimum atomic E-state index is 0.316. The quantitative estimate of drug-likeness (QED) is 0.745. The number of rotatable bonds is 7. The molecule has 0 bridgehead atoms. The Morgan fingerprint density at radius 3 is 2.47 bits per heavy atom. The summed E-state index contributed by atoms with van der Waals surface area (Å²) in [6.07, 6.45) is 4.37. The fourth-order valence-electron chi connectivity index (χ4n) is 1.94. The molecule has 0 atom stereocenters. The maximum Gasteiger partial charge on any atom is 0.0514 e. The number of aryl methyl sites for hydroxylation is 2. The average Bonchev–Trinajstić information content (AvgIpc) is 2.26. The number of nitrogens with one attached hydrogen (secondary N) is 1. The zero-order chi connectivity index (χ0) is 12.7. The van der Waals surface area contributed by atoms with Crippen molar-refractivity contribution in [2.45, 2.75) is 39.5 Å². The molecule has 0 aromatic heterocycles. The number of unbranched alkanes of at least 4 members (excludes halogenated alkanes) is 3. The van der Waals surface area contributed by atoms with Crippen LogP contribution in [0.4, 0.5) is 5.69 Å². The first-order chi connectivity index (χ1) is 8.15. The van der Waals surface area contributed by atoms with E-state index in [9.17, 15) is 0 Å². The van der Waals surface area contributed by atoms with Crippen molar-refractivity contribution in [1.29, 1.82) is 0 Å². The molecule has 0 aliphatic heterocycles. The van der Waals surface area contributed by atoms with Crippen molar-refractivity contribution in [3.05, 3.63) is 27.7 Å². The Morgan fingerprint density at radius 2 is 1.82 bits per heavy atom. The maximum absolute atomic E-state index is 8.68. The summed E-state index contributed by atoms with van der Waals surface area (Å²) in [7, 11) is 0. The van der Waals surface area contributed by atoms with Crippen molar-refractivity contribution in [3.8, 4) is 0 Å². The van der Waals surface area contributed by atoms with Gasteiger partial charge in [0.2, 0.25) is 0 Å². The van der Waals surface area contributed by atoms with E-state index in [0.29, 0.717) is 6.61 Å². The van der Waals surface area contributed by atoms with Gasteiger partial charge in [-0.2, -0.15) is 0 Å². The average molecular weight is 300 g/mol. The van der Waals surface area contributed by atoms with E-state index in [4.69, 9.17) is 5.11 Å². The van der Waals surface area contributed by atoms with Crippen molar-refractivity contribution >= 4 is 21.6 Å². The van der Waals surface area contributed by atoms with Crippen molar-refractivity contribution in [2.75, 3.05) is 18.5 Å². The van der Waals surface area contributed by atoms with Gasteiger partial charge in [-0.15, -0.1) is 0 Å². The lowest BCUT2D eigenvalue weighted by Gasteiger charge is -2.12. The summed E-state index contributed by atoms with van der Waals surface area (Å²) in [6, 6.07) is 4.33. The second kappa shape index (κ2) is 7.72. The zero-order valence-electron chi connectivity index (χ0n) is 10.7. The fraction of sp³-hybridized carbons (Fsp3) is 0.571. The number of aliphatic hydroxyl groups excluding tert-OH is 1. The monoisotopic (exact) mass is 299 g/mol. The van der Waals surface area contributed by atoms with E-state index in [1.807, 2.05) is 0 Å². The van der Waals surface area contributed by atoms with Crippen LogP contribution in [0.2, 0.25) is 0 Å². The van der Waals surface area contributed by atoms with Crippen LogP contribution in [-0.2, 0) is 0 Å². The van der Waals surface area contributed by atoms with Crippen LogP contribution in [0.15, 0.2) is 16.6 Å². The van der Waals surface area contributed by atoms with Crippen molar-refractivity contribution in [1.82, 2.24) is 0 Å². The summed E-state index contributed by atoms with van der Waals surface area (Å²) in [5.41, 5.74) is 3.77. The SMILES string of the molecule is Cc1cc(C)c(NCCCCCCO)c(Br)c1. The molecule has 2 N–H and O–H groups in total. The van der Waals surface area contributed by atoms with Crippen LogP contribution in [0, 0.1) is 13.8 Å². The molecule has 0 radical (unpaired) electrons. The highest BCUT2D eigenvalue weighted by Crippen LogP contribution is 2.27. The molecular weight excluding hydrogens is 278 g/mol. The summed E-state index contributed by atoms with van der Waals surface area (Å²) in [5, 5.41) is 12.2.